The SMILES string of the molecule is CCOC(=O)C(O)=CC(=O)/C=C(\O)C(=O)OCC. The van der Waals surface area contributed by atoms with Crippen LogP contribution in [0, 0.1) is 0 Å². The van der Waals surface area contributed by atoms with Crippen molar-refractivity contribution >= 4 is 17.7 Å². The number of ether oxygens (including phenoxy) is 2. The summed E-state index contributed by atoms with van der Waals surface area (Å²) in [6, 6.07) is 0. The third-order valence-corrected chi connectivity index (χ3v) is 1.53. The second-order valence-corrected chi connectivity index (χ2v) is 2.90. The molecule has 0 aromatic heterocycles. The standard InChI is InChI=1S/C11H14O7/c1-3-17-10(15)8(13)5-7(12)6-9(14)11(16)18-4-2/h5-6,13-14H,3-4H2,1-2H3/b8-5-,9-6?. The van der Waals surface area contributed by atoms with E-state index in [0.717, 1.165) is 0 Å². The number of aliphatic hydroxyl groups excluding tert-OH is 2. The number of esters is 2. The van der Waals surface area contributed by atoms with Gasteiger partial charge in [0.2, 0.25) is 11.5 Å². The maximum Gasteiger partial charge on any atom is 0.373 e. The minimum Gasteiger partial charge on any atom is -0.502 e. The molecule has 7 nitrogen and oxygen atoms in total. The number of hydrogen-bond donors (Lipinski definition) is 2. The lowest BCUT2D eigenvalue weighted by atomic mass is 10.3. The molecule has 0 bridgehead atoms. The topological polar surface area (TPSA) is 110 Å². The number of carbonyl (C=O) groups is 3. The quantitative estimate of drug-likeness (QED) is 0.407. The predicted octanol–water partition coefficient (Wildman–Crippen LogP) is 0.566. The molecular formula is C11H14O7. The summed E-state index contributed by atoms with van der Waals surface area (Å²) in [5.74, 6) is -4.94. The van der Waals surface area contributed by atoms with Crippen LogP contribution < -0.4 is 0 Å². The summed E-state index contributed by atoms with van der Waals surface area (Å²) < 4.78 is 8.82. The molecule has 0 heterocycles. The van der Waals surface area contributed by atoms with E-state index in [1.807, 2.05) is 0 Å². The third kappa shape index (κ3) is 5.69. The van der Waals surface area contributed by atoms with E-state index in [4.69, 9.17) is 10.2 Å². The average molecular weight is 258 g/mol. The molecule has 0 spiro atoms. The molecule has 0 aliphatic heterocycles. The van der Waals surface area contributed by atoms with Crippen molar-refractivity contribution in [3.05, 3.63) is 23.7 Å². The van der Waals surface area contributed by atoms with E-state index in [0.29, 0.717) is 12.2 Å². The maximum atomic E-state index is 11.2. The molecule has 0 atom stereocenters. The van der Waals surface area contributed by atoms with Crippen LogP contribution in [0.15, 0.2) is 23.7 Å². The Morgan fingerprint density at radius 1 is 0.889 bits per heavy atom. The molecule has 0 amide bonds. The Labute approximate surface area is 103 Å². The van der Waals surface area contributed by atoms with Crippen molar-refractivity contribution in [2.24, 2.45) is 0 Å². The maximum absolute atomic E-state index is 11.2. The van der Waals surface area contributed by atoms with Crippen molar-refractivity contribution in [2.45, 2.75) is 13.8 Å². The van der Waals surface area contributed by atoms with Gasteiger partial charge < -0.3 is 19.7 Å². The third-order valence-electron chi connectivity index (χ3n) is 1.53. The summed E-state index contributed by atoms with van der Waals surface area (Å²) in [4.78, 5) is 33.1. The van der Waals surface area contributed by atoms with Gasteiger partial charge in [-0.3, -0.25) is 4.79 Å². The van der Waals surface area contributed by atoms with Crippen molar-refractivity contribution in [2.75, 3.05) is 13.2 Å². The van der Waals surface area contributed by atoms with E-state index in [9.17, 15) is 14.4 Å². The minimum atomic E-state index is -1.07. The summed E-state index contributed by atoms with van der Waals surface area (Å²) in [5.41, 5.74) is 0. The second kappa shape index (κ2) is 7.88. The number of hydrogen-bond acceptors (Lipinski definition) is 7. The van der Waals surface area contributed by atoms with Crippen molar-refractivity contribution in [1.82, 2.24) is 0 Å². The van der Waals surface area contributed by atoms with Crippen LogP contribution in [0.4, 0.5) is 0 Å². The van der Waals surface area contributed by atoms with Gasteiger partial charge in [0, 0.05) is 12.2 Å². The fourth-order valence-electron chi connectivity index (χ4n) is 0.839. The lowest BCUT2D eigenvalue weighted by molar-refractivity contribution is -0.142. The van der Waals surface area contributed by atoms with Gasteiger partial charge in [-0.25, -0.2) is 9.59 Å². The highest BCUT2D eigenvalue weighted by Gasteiger charge is 2.13. The summed E-state index contributed by atoms with van der Waals surface area (Å²) in [7, 11) is 0. The Hall–Kier alpha value is -2.31. The predicted molar refractivity (Wildman–Crippen MR) is 59.7 cm³/mol. The Balaban J connectivity index is 4.67. The molecule has 0 saturated carbocycles. The lowest BCUT2D eigenvalue weighted by Gasteiger charge is -2.00. The van der Waals surface area contributed by atoms with Crippen LogP contribution in [-0.4, -0.2) is 41.1 Å². The highest BCUT2D eigenvalue weighted by molar-refractivity contribution is 6.06. The molecule has 0 aromatic carbocycles. The number of carbonyl (C=O) groups excluding carboxylic acids is 3. The highest BCUT2D eigenvalue weighted by atomic mass is 16.5. The number of aliphatic hydroxyl groups is 2. The molecule has 0 aliphatic rings. The molecule has 0 aromatic rings. The number of rotatable bonds is 6. The fourth-order valence-corrected chi connectivity index (χ4v) is 0.839. The van der Waals surface area contributed by atoms with E-state index in [1.165, 1.54) is 13.8 Å². The molecule has 0 unspecified atom stereocenters. The van der Waals surface area contributed by atoms with Crippen LogP contribution in [0.5, 0.6) is 0 Å². The fraction of sp³-hybridized carbons (Fsp3) is 0.364. The first-order chi connectivity index (χ1) is 8.42. The molecule has 100 valence electrons. The first-order valence-electron chi connectivity index (χ1n) is 5.11. The van der Waals surface area contributed by atoms with Gasteiger partial charge in [0.05, 0.1) is 13.2 Å². The molecular weight excluding hydrogens is 244 g/mol. The Kier molecular flexibility index (Phi) is 6.87. The zero-order valence-corrected chi connectivity index (χ0v) is 10.0. The van der Waals surface area contributed by atoms with Gasteiger partial charge in [-0.2, -0.15) is 0 Å². The summed E-state index contributed by atoms with van der Waals surface area (Å²) in [6.07, 6.45) is 1.04. The first-order valence-corrected chi connectivity index (χ1v) is 5.11. The van der Waals surface area contributed by atoms with E-state index in [1.54, 1.807) is 0 Å². The van der Waals surface area contributed by atoms with Gasteiger partial charge in [-0.15, -0.1) is 0 Å². The lowest BCUT2D eigenvalue weighted by Crippen LogP contribution is -2.10. The van der Waals surface area contributed by atoms with E-state index < -0.39 is 29.2 Å². The molecule has 0 fully saturated rings. The van der Waals surface area contributed by atoms with Crippen LogP contribution in [0.2, 0.25) is 0 Å². The van der Waals surface area contributed by atoms with Crippen LogP contribution in [0.1, 0.15) is 13.8 Å². The van der Waals surface area contributed by atoms with Gasteiger partial charge in [0.1, 0.15) is 0 Å². The second-order valence-electron chi connectivity index (χ2n) is 2.90. The van der Waals surface area contributed by atoms with E-state index >= 15 is 0 Å². The smallest absolute Gasteiger partial charge is 0.373 e. The van der Waals surface area contributed by atoms with Crippen LogP contribution in [0.3, 0.4) is 0 Å². The molecule has 0 aliphatic carbocycles. The van der Waals surface area contributed by atoms with Crippen LogP contribution >= 0.6 is 0 Å². The van der Waals surface area contributed by atoms with Crippen molar-refractivity contribution in [3.8, 4) is 0 Å². The number of allylic oxidation sites excluding steroid dienone is 2. The van der Waals surface area contributed by atoms with Crippen LogP contribution in [-0.2, 0) is 23.9 Å². The molecule has 7 heteroatoms. The van der Waals surface area contributed by atoms with Gasteiger partial charge in [-0.05, 0) is 13.8 Å². The van der Waals surface area contributed by atoms with Gasteiger partial charge >= 0.3 is 11.9 Å². The Morgan fingerprint density at radius 2 is 1.22 bits per heavy atom. The molecule has 18 heavy (non-hydrogen) atoms. The van der Waals surface area contributed by atoms with E-state index in [-0.39, 0.29) is 13.2 Å². The summed E-state index contributed by atoms with van der Waals surface area (Å²) in [5, 5.41) is 18.2. The highest BCUT2D eigenvalue weighted by Crippen LogP contribution is 1.98. The normalized spacial score (nSPS) is 11.9. The van der Waals surface area contributed by atoms with Gasteiger partial charge in [0.15, 0.2) is 5.78 Å². The average Bonchev–Trinajstić information content (AvgIpc) is 2.29. The minimum absolute atomic E-state index is 0.0365. The van der Waals surface area contributed by atoms with Crippen molar-refractivity contribution in [1.29, 1.82) is 0 Å². The summed E-state index contributed by atoms with van der Waals surface area (Å²) >= 11 is 0. The molecule has 0 saturated heterocycles. The Morgan fingerprint density at radius 3 is 1.50 bits per heavy atom. The van der Waals surface area contributed by atoms with Crippen LogP contribution in [0.25, 0.3) is 0 Å². The van der Waals surface area contributed by atoms with E-state index in [2.05, 4.69) is 9.47 Å². The zero-order chi connectivity index (χ0) is 14.1. The van der Waals surface area contributed by atoms with Gasteiger partial charge in [-0.1, -0.05) is 0 Å². The van der Waals surface area contributed by atoms with Crippen molar-refractivity contribution < 1.29 is 34.1 Å². The Bertz CT molecular complexity index is 356. The zero-order valence-electron chi connectivity index (χ0n) is 10.0. The largest absolute Gasteiger partial charge is 0.502 e. The number of ketones is 1. The molecule has 0 rings (SSSR count). The summed E-state index contributed by atoms with van der Waals surface area (Å²) in [6.45, 7) is 3.13. The van der Waals surface area contributed by atoms with Crippen molar-refractivity contribution in [3.63, 3.8) is 0 Å². The van der Waals surface area contributed by atoms with Gasteiger partial charge in [0.25, 0.3) is 0 Å². The molecule has 2 N–H and O–H groups in total. The molecule has 0 radical (unpaired) electrons. The first kappa shape index (κ1) is 15.7. The monoisotopic (exact) mass is 258 g/mol.